The largest absolute Gasteiger partial charge is 0.490 e. The summed E-state index contributed by atoms with van der Waals surface area (Å²) in [5, 5.41) is 2.68. The molecule has 2 amide bonds. The minimum atomic E-state index is -0.649. The number of nitrogens with zero attached hydrogens (tertiary/aromatic N) is 1. The molecule has 1 N–H and O–H groups in total. The molecule has 0 unspecified atom stereocenters. The first-order chi connectivity index (χ1) is 13.5. The van der Waals surface area contributed by atoms with Crippen LogP contribution in [0, 0.1) is 0 Å². The predicted molar refractivity (Wildman–Crippen MR) is 103 cm³/mol. The molecule has 1 aromatic carbocycles. The lowest BCUT2D eigenvalue weighted by atomic mass is 10.2. The number of carbonyl (C=O) groups is 3. The van der Waals surface area contributed by atoms with Crippen molar-refractivity contribution >= 4 is 23.9 Å². The van der Waals surface area contributed by atoms with Gasteiger partial charge in [-0.1, -0.05) is 13.0 Å². The highest BCUT2D eigenvalue weighted by Crippen LogP contribution is 2.30. The Balaban J connectivity index is 1.79. The average molecular weight is 390 g/mol. The zero-order valence-electron chi connectivity index (χ0n) is 16.2. The highest BCUT2D eigenvalue weighted by molar-refractivity contribution is 5.90. The van der Waals surface area contributed by atoms with Gasteiger partial charge in [-0.25, -0.2) is 4.79 Å². The molecule has 1 aliphatic rings. The lowest BCUT2D eigenvalue weighted by molar-refractivity contribution is -0.148. The van der Waals surface area contributed by atoms with Gasteiger partial charge in [-0.3, -0.25) is 9.59 Å². The number of ether oxygens (including phenoxy) is 3. The molecule has 0 fully saturated rings. The van der Waals surface area contributed by atoms with Crippen molar-refractivity contribution < 1.29 is 28.6 Å². The van der Waals surface area contributed by atoms with Crippen molar-refractivity contribution in [1.82, 2.24) is 10.2 Å². The highest BCUT2D eigenvalue weighted by atomic mass is 16.5. The van der Waals surface area contributed by atoms with Crippen LogP contribution < -0.4 is 14.8 Å². The first-order valence-corrected chi connectivity index (χ1v) is 9.24. The number of likely N-dealkylation sites (N-methyl/N-ethyl adjacent to an activating group) is 1. The van der Waals surface area contributed by atoms with Crippen molar-refractivity contribution in [3.05, 3.63) is 29.8 Å². The van der Waals surface area contributed by atoms with Gasteiger partial charge in [0.05, 0.1) is 19.8 Å². The summed E-state index contributed by atoms with van der Waals surface area (Å²) in [6.45, 7) is 3.17. The Hall–Kier alpha value is -3.03. The van der Waals surface area contributed by atoms with E-state index in [0.717, 1.165) is 18.4 Å². The van der Waals surface area contributed by atoms with Crippen LogP contribution >= 0.6 is 0 Å². The second kappa shape index (κ2) is 11.0. The maximum atomic E-state index is 11.9. The molecule has 0 saturated heterocycles. The number of hydrogen-bond donors (Lipinski definition) is 1. The third-order valence-electron chi connectivity index (χ3n) is 3.90. The third-order valence-corrected chi connectivity index (χ3v) is 3.90. The van der Waals surface area contributed by atoms with Crippen molar-refractivity contribution in [1.29, 1.82) is 0 Å². The Bertz CT molecular complexity index is 731. The number of carbonyl (C=O) groups excluding carboxylic acids is 3. The summed E-state index contributed by atoms with van der Waals surface area (Å²) < 4.78 is 16.1. The Kier molecular flexibility index (Phi) is 8.33. The Labute approximate surface area is 164 Å². The maximum Gasteiger partial charge on any atom is 0.331 e. The van der Waals surface area contributed by atoms with E-state index in [-0.39, 0.29) is 12.5 Å². The molecule has 8 heteroatoms. The first-order valence-electron chi connectivity index (χ1n) is 9.24. The highest BCUT2D eigenvalue weighted by Gasteiger charge is 2.14. The molecular weight excluding hydrogens is 364 g/mol. The maximum absolute atomic E-state index is 11.9. The van der Waals surface area contributed by atoms with E-state index in [1.54, 1.807) is 24.3 Å². The summed E-state index contributed by atoms with van der Waals surface area (Å²) in [6, 6.07) is 5.36. The fourth-order valence-electron chi connectivity index (χ4n) is 2.36. The van der Waals surface area contributed by atoms with Crippen LogP contribution in [0.15, 0.2) is 24.3 Å². The van der Waals surface area contributed by atoms with Crippen LogP contribution in [0.3, 0.4) is 0 Å². The third kappa shape index (κ3) is 6.94. The number of benzene rings is 1. The van der Waals surface area contributed by atoms with E-state index in [9.17, 15) is 14.4 Å². The molecule has 0 radical (unpaired) electrons. The van der Waals surface area contributed by atoms with Crippen LogP contribution in [-0.4, -0.2) is 62.6 Å². The van der Waals surface area contributed by atoms with E-state index in [0.29, 0.717) is 31.3 Å². The first kappa shape index (κ1) is 21.3. The van der Waals surface area contributed by atoms with Gasteiger partial charge in [0.15, 0.2) is 18.1 Å². The molecule has 0 bridgehead atoms. The van der Waals surface area contributed by atoms with Gasteiger partial charge >= 0.3 is 5.97 Å². The normalized spacial score (nSPS) is 12.9. The van der Waals surface area contributed by atoms with E-state index in [1.165, 1.54) is 18.0 Å². The van der Waals surface area contributed by atoms with Crippen LogP contribution in [0.5, 0.6) is 11.5 Å². The quantitative estimate of drug-likeness (QED) is 0.533. The van der Waals surface area contributed by atoms with Gasteiger partial charge in [0.2, 0.25) is 5.91 Å². The zero-order valence-corrected chi connectivity index (χ0v) is 16.2. The fraction of sp³-hybridized carbons (Fsp3) is 0.450. The second-order valence-corrected chi connectivity index (χ2v) is 6.30. The van der Waals surface area contributed by atoms with Crippen LogP contribution in [0.4, 0.5) is 0 Å². The number of hydrogen-bond acceptors (Lipinski definition) is 6. The summed E-state index contributed by atoms with van der Waals surface area (Å²) >= 11 is 0. The lowest BCUT2D eigenvalue weighted by Gasteiger charge is -2.16. The molecule has 0 saturated carbocycles. The SMILES string of the molecule is CCCNC(=O)CN(C)C(=O)COC(=O)/C=C/c1ccc2c(c1)OCCCO2. The molecule has 0 aromatic heterocycles. The molecule has 0 spiro atoms. The molecular formula is C20H26N2O6. The standard InChI is InChI=1S/C20H26N2O6/c1-3-9-21-18(23)13-22(2)19(24)14-28-20(25)8-6-15-5-7-16-17(12-15)27-11-4-10-26-16/h5-8,12H,3-4,9-11,13-14H2,1-2H3,(H,21,23)/b8-6+. The number of fused-ring (bicyclic) bond motifs is 1. The van der Waals surface area contributed by atoms with Gasteiger partial charge in [0.25, 0.3) is 5.91 Å². The minimum absolute atomic E-state index is 0.0799. The van der Waals surface area contributed by atoms with E-state index in [2.05, 4.69) is 5.32 Å². The lowest BCUT2D eigenvalue weighted by Crippen LogP contribution is -2.40. The predicted octanol–water partition coefficient (Wildman–Crippen LogP) is 1.39. The average Bonchev–Trinajstić information content (AvgIpc) is 2.93. The Morgan fingerprint density at radius 3 is 2.71 bits per heavy atom. The Morgan fingerprint density at radius 1 is 1.21 bits per heavy atom. The topological polar surface area (TPSA) is 94.2 Å². The molecule has 8 nitrogen and oxygen atoms in total. The molecule has 0 aliphatic carbocycles. The van der Waals surface area contributed by atoms with Gasteiger partial charge in [-0.05, 0) is 30.2 Å². The monoisotopic (exact) mass is 390 g/mol. The van der Waals surface area contributed by atoms with E-state index in [1.807, 2.05) is 6.92 Å². The van der Waals surface area contributed by atoms with Gasteiger partial charge in [-0.15, -0.1) is 0 Å². The van der Waals surface area contributed by atoms with Gasteiger partial charge in [-0.2, -0.15) is 0 Å². The zero-order chi connectivity index (χ0) is 20.4. The summed E-state index contributed by atoms with van der Waals surface area (Å²) in [6.07, 6.45) is 4.44. The van der Waals surface area contributed by atoms with E-state index in [4.69, 9.17) is 14.2 Å². The van der Waals surface area contributed by atoms with Gasteiger partial charge in [0, 0.05) is 26.1 Å². The molecule has 28 heavy (non-hydrogen) atoms. The molecule has 152 valence electrons. The molecule has 1 aromatic rings. The fourth-order valence-corrected chi connectivity index (χ4v) is 2.36. The van der Waals surface area contributed by atoms with Crippen molar-refractivity contribution in [2.45, 2.75) is 19.8 Å². The summed E-state index contributed by atoms with van der Waals surface area (Å²) in [7, 11) is 1.48. The number of nitrogens with one attached hydrogen (secondary N) is 1. The molecule has 0 atom stereocenters. The van der Waals surface area contributed by atoms with Crippen LogP contribution in [0.2, 0.25) is 0 Å². The van der Waals surface area contributed by atoms with Crippen molar-refractivity contribution in [2.75, 3.05) is 40.0 Å². The summed E-state index contributed by atoms with van der Waals surface area (Å²) in [4.78, 5) is 36.6. The van der Waals surface area contributed by atoms with Crippen LogP contribution in [0.1, 0.15) is 25.3 Å². The van der Waals surface area contributed by atoms with Crippen molar-refractivity contribution in [2.24, 2.45) is 0 Å². The van der Waals surface area contributed by atoms with Crippen LogP contribution in [0.25, 0.3) is 6.08 Å². The van der Waals surface area contributed by atoms with Crippen molar-refractivity contribution in [3.63, 3.8) is 0 Å². The van der Waals surface area contributed by atoms with E-state index >= 15 is 0 Å². The number of rotatable bonds is 8. The minimum Gasteiger partial charge on any atom is -0.490 e. The Morgan fingerprint density at radius 2 is 1.96 bits per heavy atom. The molecule has 2 rings (SSSR count). The van der Waals surface area contributed by atoms with Crippen molar-refractivity contribution in [3.8, 4) is 11.5 Å². The van der Waals surface area contributed by atoms with Gasteiger partial charge in [0.1, 0.15) is 0 Å². The number of amides is 2. The van der Waals surface area contributed by atoms with Gasteiger partial charge < -0.3 is 24.4 Å². The second-order valence-electron chi connectivity index (χ2n) is 6.30. The number of esters is 1. The smallest absolute Gasteiger partial charge is 0.331 e. The molecule has 1 aliphatic heterocycles. The summed E-state index contributed by atoms with van der Waals surface area (Å²) in [5.74, 6) is -0.0494. The molecule has 1 heterocycles. The van der Waals surface area contributed by atoms with Crippen LogP contribution in [-0.2, 0) is 19.1 Å². The summed E-state index contributed by atoms with van der Waals surface area (Å²) in [5.41, 5.74) is 0.747. The van der Waals surface area contributed by atoms with E-state index < -0.39 is 18.5 Å².